The normalized spacial score (nSPS) is 36.6. The van der Waals surface area contributed by atoms with Crippen LogP contribution in [0.3, 0.4) is 0 Å². The van der Waals surface area contributed by atoms with Crippen molar-refractivity contribution in [1.29, 1.82) is 0 Å². The third-order valence-electron chi connectivity index (χ3n) is 7.44. The minimum absolute atomic E-state index is 0.0126. The van der Waals surface area contributed by atoms with Crippen LogP contribution < -0.4 is 10.8 Å². The molecule has 0 aromatic rings. The van der Waals surface area contributed by atoms with Gasteiger partial charge in [-0.15, -0.1) is 0 Å². The van der Waals surface area contributed by atoms with Gasteiger partial charge in [0, 0.05) is 49.7 Å². The van der Waals surface area contributed by atoms with E-state index in [1.807, 2.05) is 14.0 Å². The fraction of sp³-hybridized carbons (Fsp3) is 0.955. The molecule has 4 rings (SSSR count). The molecule has 0 radical (unpaired) electrons. The summed E-state index contributed by atoms with van der Waals surface area (Å²) in [6.07, 6.45) is 3.85. The number of ether oxygens (including phenoxy) is 1. The van der Waals surface area contributed by atoms with E-state index in [0.29, 0.717) is 44.8 Å². The van der Waals surface area contributed by atoms with E-state index < -0.39 is 15.3 Å². The maximum Gasteiger partial charge on any atom is 0.225 e. The molecule has 1 amide bonds. The van der Waals surface area contributed by atoms with Crippen LogP contribution in [0.2, 0.25) is 0 Å². The zero-order chi connectivity index (χ0) is 23.8. The van der Waals surface area contributed by atoms with Crippen molar-refractivity contribution in [3.63, 3.8) is 0 Å². The lowest BCUT2D eigenvalue weighted by Crippen LogP contribution is -2.48. The van der Waals surface area contributed by atoms with Gasteiger partial charge in [-0.25, -0.2) is 12.7 Å². The summed E-state index contributed by atoms with van der Waals surface area (Å²) in [5, 5.41) is 3.18. The number of amides is 1. The van der Waals surface area contributed by atoms with Gasteiger partial charge in [-0.3, -0.25) is 14.9 Å². The summed E-state index contributed by atoms with van der Waals surface area (Å²) in [6.45, 7) is 8.44. The molecule has 6 unspecified atom stereocenters. The number of rotatable bonds is 7. The molecule has 0 aliphatic carbocycles. The highest BCUT2D eigenvalue weighted by atomic mass is 32.2. The zero-order valence-electron chi connectivity index (χ0n) is 20.2. The van der Waals surface area contributed by atoms with E-state index in [1.54, 1.807) is 21.0 Å². The van der Waals surface area contributed by atoms with E-state index >= 15 is 0 Å². The lowest BCUT2D eigenvalue weighted by Gasteiger charge is -2.35. The molecule has 11 heteroatoms. The fourth-order valence-corrected chi connectivity index (χ4v) is 9.59. The molecule has 4 saturated heterocycles. The first-order valence-electron chi connectivity index (χ1n) is 12.3. The standard InChI is InChI=1S/C22H40N4O5S2/c1-14(2)21-23-20(24-31-21)18-12-19(15(3)32-18)33(28,29)26-9-7-16(8-10-26)22(27)25(4)13-17-6-5-11-30-17/h14-21,23-24H,5-13H2,1-4H3. The molecule has 2 N–H and O–H groups in total. The summed E-state index contributed by atoms with van der Waals surface area (Å²) >= 11 is 1.72. The maximum absolute atomic E-state index is 13.5. The number of sulfonamides is 1. The van der Waals surface area contributed by atoms with Gasteiger partial charge in [0.1, 0.15) is 6.23 Å². The van der Waals surface area contributed by atoms with E-state index in [2.05, 4.69) is 24.6 Å². The van der Waals surface area contributed by atoms with Crippen molar-refractivity contribution < 1.29 is 22.8 Å². The maximum atomic E-state index is 13.5. The second-order valence-electron chi connectivity index (χ2n) is 10.3. The van der Waals surface area contributed by atoms with Crippen LogP contribution in [-0.4, -0.2) is 91.1 Å². The Labute approximate surface area is 202 Å². The Morgan fingerprint density at radius 3 is 2.58 bits per heavy atom. The number of carbonyl (C=O) groups excluding carboxylic acids is 1. The SMILES string of the molecule is CC(C)C1NC(C2CC(S(=O)(=O)N3CCC(C(=O)N(C)CC4CCCO4)CC3)C(C)S2)NO1. The summed E-state index contributed by atoms with van der Waals surface area (Å²) < 4.78 is 34.3. The molecule has 0 aromatic heterocycles. The monoisotopic (exact) mass is 504 g/mol. The van der Waals surface area contributed by atoms with Crippen LogP contribution in [0.25, 0.3) is 0 Å². The van der Waals surface area contributed by atoms with Gasteiger partial charge in [0.05, 0.1) is 17.5 Å². The molecule has 0 aromatic carbocycles. The van der Waals surface area contributed by atoms with Crippen LogP contribution in [-0.2, 0) is 24.4 Å². The summed E-state index contributed by atoms with van der Waals surface area (Å²) in [4.78, 5) is 20.3. The van der Waals surface area contributed by atoms with Gasteiger partial charge in [-0.1, -0.05) is 20.8 Å². The Hall–Kier alpha value is -0.430. The number of thioether (sulfide) groups is 1. The molecule has 0 saturated carbocycles. The zero-order valence-corrected chi connectivity index (χ0v) is 21.9. The lowest BCUT2D eigenvalue weighted by atomic mass is 9.96. The first kappa shape index (κ1) is 25.7. The van der Waals surface area contributed by atoms with Gasteiger partial charge in [-0.2, -0.15) is 17.2 Å². The number of piperidine rings is 1. The first-order chi connectivity index (χ1) is 15.7. The third kappa shape index (κ3) is 5.70. The number of hydroxylamine groups is 1. The molecule has 4 aliphatic heterocycles. The third-order valence-corrected chi connectivity index (χ3v) is 11.6. The highest BCUT2D eigenvalue weighted by Gasteiger charge is 2.48. The molecule has 6 atom stereocenters. The number of nitrogens with one attached hydrogen (secondary N) is 2. The summed E-state index contributed by atoms with van der Waals surface area (Å²) in [5.74, 6) is 0.341. The van der Waals surface area contributed by atoms with Crippen LogP contribution in [0.5, 0.6) is 0 Å². The molecule has 4 fully saturated rings. The molecule has 33 heavy (non-hydrogen) atoms. The number of hydrogen-bond acceptors (Lipinski definition) is 8. The molecular weight excluding hydrogens is 464 g/mol. The van der Waals surface area contributed by atoms with Gasteiger partial charge in [-0.05, 0) is 38.0 Å². The Kier molecular flexibility index (Phi) is 8.30. The Morgan fingerprint density at radius 1 is 1.24 bits per heavy atom. The predicted octanol–water partition coefficient (Wildman–Crippen LogP) is 1.36. The van der Waals surface area contributed by atoms with Gasteiger partial charge >= 0.3 is 0 Å². The molecule has 4 heterocycles. The smallest absolute Gasteiger partial charge is 0.225 e. The van der Waals surface area contributed by atoms with Crippen molar-refractivity contribution in [1.82, 2.24) is 20.0 Å². The molecule has 0 bridgehead atoms. The van der Waals surface area contributed by atoms with E-state index in [0.717, 1.165) is 19.4 Å². The van der Waals surface area contributed by atoms with Crippen molar-refractivity contribution >= 4 is 27.7 Å². The van der Waals surface area contributed by atoms with Crippen molar-refractivity contribution in [2.24, 2.45) is 11.8 Å². The largest absolute Gasteiger partial charge is 0.376 e. The number of hydrogen-bond donors (Lipinski definition) is 2. The van der Waals surface area contributed by atoms with Crippen LogP contribution >= 0.6 is 11.8 Å². The highest BCUT2D eigenvalue weighted by molar-refractivity contribution is 8.02. The predicted molar refractivity (Wildman–Crippen MR) is 129 cm³/mol. The second-order valence-corrected chi connectivity index (χ2v) is 14.0. The summed E-state index contributed by atoms with van der Waals surface area (Å²) in [5.41, 5.74) is 3.07. The van der Waals surface area contributed by atoms with E-state index in [9.17, 15) is 13.2 Å². The minimum atomic E-state index is -3.42. The number of carbonyl (C=O) groups is 1. The van der Waals surface area contributed by atoms with E-state index in [-0.39, 0.29) is 40.8 Å². The van der Waals surface area contributed by atoms with Crippen molar-refractivity contribution in [3.8, 4) is 0 Å². The van der Waals surface area contributed by atoms with Crippen LogP contribution in [0.15, 0.2) is 0 Å². The molecule has 0 spiro atoms. The average Bonchev–Trinajstić information content (AvgIpc) is 3.54. The Morgan fingerprint density at radius 2 is 1.97 bits per heavy atom. The number of nitrogens with zero attached hydrogens (tertiary/aromatic N) is 2. The number of likely N-dealkylation sites (N-methyl/N-ethyl adjacent to an activating group) is 1. The lowest BCUT2D eigenvalue weighted by molar-refractivity contribution is -0.136. The van der Waals surface area contributed by atoms with Gasteiger partial charge in [0.25, 0.3) is 0 Å². The van der Waals surface area contributed by atoms with Crippen LogP contribution in [0.4, 0.5) is 0 Å². The Balaban J connectivity index is 1.29. The van der Waals surface area contributed by atoms with Gasteiger partial charge in [0.15, 0.2) is 0 Å². The second kappa shape index (κ2) is 10.7. The summed E-state index contributed by atoms with van der Waals surface area (Å²) in [6, 6.07) is 0. The summed E-state index contributed by atoms with van der Waals surface area (Å²) in [7, 11) is -1.58. The van der Waals surface area contributed by atoms with Gasteiger partial charge < -0.3 is 9.64 Å². The van der Waals surface area contributed by atoms with Crippen molar-refractivity contribution in [2.45, 2.75) is 87.1 Å². The Bertz CT molecular complexity index is 784. The fourth-order valence-electron chi connectivity index (χ4n) is 5.37. The first-order valence-corrected chi connectivity index (χ1v) is 14.8. The van der Waals surface area contributed by atoms with Crippen molar-refractivity contribution in [2.75, 3.05) is 33.3 Å². The van der Waals surface area contributed by atoms with Gasteiger partial charge in [0.2, 0.25) is 15.9 Å². The van der Waals surface area contributed by atoms with Crippen molar-refractivity contribution in [3.05, 3.63) is 0 Å². The highest BCUT2D eigenvalue weighted by Crippen LogP contribution is 2.41. The molecular formula is C22H40N4O5S2. The van der Waals surface area contributed by atoms with E-state index in [4.69, 9.17) is 9.57 Å². The molecule has 9 nitrogen and oxygen atoms in total. The molecule has 4 aliphatic rings. The van der Waals surface area contributed by atoms with Crippen LogP contribution in [0, 0.1) is 11.8 Å². The minimum Gasteiger partial charge on any atom is -0.376 e. The van der Waals surface area contributed by atoms with Crippen LogP contribution in [0.1, 0.15) is 52.9 Å². The quantitative estimate of drug-likeness (QED) is 0.536. The topological polar surface area (TPSA) is 100 Å². The molecule has 190 valence electrons. The van der Waals surface area contributed by atoms with E-state index in [1.165, 1.54) is 0 Å². The average molecular weight is 505 g/mol.